The SMILES string of the molecule is Cc1cc(=O)[nH]cc1-c1ccccc1. The average Bonchev–Trinajstić information content (AvgIpc) is 2.19. The van der Waals surface area contributed by atoms with Crippen LogP contribution >= 0.6 is 0 Å². The minimum Gasteiger partial charge on any atom is -0.328 e. The zero-order chi connectivity index (χ0) is 9.97. The predicted molar refractivity (Wildman–Crippen MR) is 57.2 cm³/mol. The van der Waals surface area contributed by atoms with Gasteiger partial charge in [-0.3, -0.25) is 4.79 Å². The molecular formula is C12H11NO. The topological polar surface area (TPSA) is 32.9 Å². The third kappa shape index (κ3) is 1.59. The van der Waals surface area contributed by atoms with Crippen molar-refractivity contribution >= 4 is 0 Å². The lowest BCUT2D eigenvalue weighted by atomic mass is 10.0. The number of benzene rings is 1. The Morgan fingerprint density at radius 1 is 1.14 bits per heavy atom. The van der Waals surface area contributed by atoms with E-state index in [9.17, 15) is 4.79 Å². The van der Waals surface area contributed by atoms with Crippen molar-refractivity contribution in [1.82, 2.24) is 4.98 Å². The van der Waals surface area contributed by atoms with Gasteiger partial charge in [0, 0.05) is 17.8 Å². The highest BCUT2D eigenvalue weighted by atomic mass is 16.1. The molecule has 0 bridgehead atoms. The number of hydrogen-bond acceptors (Lipinski definition) is 1. The molecule has 14 heavy (non-hydrogen) atoms. The quantitative estimate of drug-likeness (QED) is 0.726. The molecule has 2 rings (SSSR count). The van der Waals surface area contributed by atoms with E-state index in [0.29, 0.717) is 0 Å². The number of aromatic nitrogens is 1. The minimum absolute atomic E-state index is 0.0535. The van der Waals surface area contributed by atoms with E-state index in [2.05, 4.69) is 4.98 Å². The molecule has 0 amide bonds. The fourth-order valence-electron chi connectivity index (χ4n) is 1.50. The van der Waals surface area contributed by atoms with E-state index in [1.807, 2.05) is 37.3 Å². The molecule has 1 aromatic heterocycles. The molecule has 0 aliphatic carbocycles. The van der Waals surface area contributed by atoms with Crippen molar-refractivity contribution in [2.45, 2.75) is 6.92 Å². The highest BCUT2D eigenvalue weighted by Gasteiger charge is 2.00. The summed E-state index contributed by atoms with van der Waals surface area (Å²) in [5, 5.41) is 0. The first-order chi connectivity index (χ1) is 6.77. The van der Waals surface area contributed by atoms with E-state index in [-0.39, 0.29) is 5.56 Å². The molecule has 0 radical (unpaired) electrons. The van der Waals surface area contributed by atoms with Crippen molar-refractivity contribution in [3.8, 4) is 11.1 Å². The lowest BCUT2D eigenvalue weighted by molar-refractivity contribution is 1.21. The highest BCUT2D eigenvalue weighted by Crippen LogP contribution is 2.19. The van der Waals surface area contributed by atoms with Crippen LogP contribution in [0.3, 0.4) is 0 Å². The third-order valence-electron chi connectivity index (χ3n) is 2.22. The van der Waals surface area contributed by atoms with Crippen LogP contribution < -0.4 is 5.56 Å². The van der Waals surface area contributed by atoms with Crippen molar-refractivity contribution in [3.05, 3.63) is 58.5 Å². The monoisotopic (exact) mass is 185 g/mol. The summed E-state index contributed by atoms with van der Waals surface area (Å²) in [4.78, 5) is 13.7. The zero-order valence-corrected chi connectivity index (χ0v) is 7.95. The molecule has 0 saturated carbocycles. The Labute approximate surface area is 82.2 Å². The Kier molecular flexibility index (Phi) is 2.19. The molecule has 1 heterocycles. The van der Waals surface area contributed by atoms with Gasteiger partial charge in [-0.25, -0.2) is 0 Å². The van der Waals surface area contributed by atoms with Gasteiger partial charge in [0.2, 0.25) is 5.56 Å². The summed E-state index contributed by atoms with van der Waals surface area (Å²) >= 11 is 0. The standard InChI is InChI=1S/C12H11NO/c1-9-7-12(14)13-8-11(9)10-5-3-2-4-6-10/h2-8H,1H3,(H,13,14). The zero-order valence-electron chi connectivity index (χ0n) is 7.95. The summed E-state index contributed by atoms with van der Waals surface area (Å²) in [7, 11) is 0. The lowest BCUT2D eigenvalue weighted by Gasteiger charge is -2.03. The van der Waals surface area contributed by atoms with Crippen LogP contribution in [0.4, 0.5) is 0 Å². The number of aromatic amines is 1. The second-order valence-electron chi connectivity index (χ2n) is 3.26. The fourth-order valence-corrected chi connectivity index (χ4v) is 1.50. The first-order valence-corrected chi connectivity index (χ1v) is 4.52. The smallest absolute Gasteiger partial charge is 0.248 e. The van der Waals surface area contributed by atoms with Gasteiger partial charge in [0.05, 0.1) is 0 Å². The second kappa shape index (κ2) is 3.50. The molecule has 0 spiro atoms. The molecular weight excluding hydrogens is 174 g/mol. The second-order valence-corrected chi connectivity index (χ2v) is 3.26. The summed E-state index contributed by atoms with van der Waals surface area (Å²) in [6.45, 7) is 1.94. The van der Waals surface area contributed by atoms with Crippen molar-refractivity contribution in [2.75, 3.05) is 0 Å². The number of nitrogens with one attached hydrogen (secondary N) is 1. The van der Waals surface area contributed by atoms with Crippen LogP contribution in [0, 0.1) is 6.92 Å². The van der Waals surface area contributed by atoms with Crippen LogP contribution in [-0.2, 0) is 0 Å². The summed E-state index contributed by atoms with van der Waals surface area (Å²) < 4.78 is 0. The Morgan fingerprint density at radius 2 is 1.86 bits per heavy atom. The Morgan fingerprint density at radius 3 is 2.50 bits per heavy atom. The molecule has 0 saturated heterocycles. The Bertz CT molecular complexity index is 485. The maximum atomic E-state index is 11.0. The maximum absolute atomic E-state index is 11.0. The number of aryl methyl sites for hydroxylation is 1. The molecule has 2 nitrogen and oxygen atoms in total. The third-order valence-corrected chi connectivity index (χ3v) is 2.22. The summed E-state index contributed by atoms with van der Waals surface area (Å²) in [6, 6.07) is 11.6. The first-order valence-electron chi connectivity index (χ1n) is 4.52. The molecule has 0 atom stereocenters. The summed E-state index contributed by atoms with van der Waals surface area (Å²) in [5.41, 5.74) is 3.15. The van der Waals surface area contributed by atoms with Crippen LogP contribution in [-0.4, -0.2) is 4.98 Å². The Hall–Kier alpha value is -1.83. The maximum Gasteiger partial charge on any atom is 0.248 e. The molecule has 70 valence electrons. The molecule has 0 unspecified atom stereocenters. The van der Waals surface area contributed by atoms with Crippen LogP contribution in [0.5, 0.6) is 0 Å². The minimum atomic E-state index is -0.0535. The molecule has 2 aromatic rings. The van der Waals surface area contributed by atoms with E-state index >= 15 is 0 Å². The van der Waals surface area contributed by atoms with E-state index < -0.39 is 0 Å². The average molecular weight is 185 g/mol. The van der Waals surface area contributed by atoms with Gasteiger partial charge >= 0.3 is 0 Å². The first kappa shape index (κ1) is 8.75. The molecule has 1 N–H and O–H groups in total. The van der Waals surface area contributed by atoms with Crippen molar-refractivity contribution < 1.29 is 0 Å². The lowest BCUT2D eigenvalue weighted by Crippen LogP contribution is -2.04. The van der Waals surface area contributed by atoms with Gasteiger partial charge in [0.25, 0.3) is 0 Å². The molecule has 0 aliphatic heterocycles. The number of rotatable bonds is 1. The molecule has 2 heteroatoms. The molecule has 0 fully saturated rings. The van der Waals surface area contributed by atoms with Crippen LogP contribution in [0.15, 0.2) is 47.4 Å². The molecule has 0 aliphatic rings. The van der Waals surface area contributed by atoms with E-state index in [1.54, 1.807) is 12.3 Å². The van der Waals surface area contributed by atoms with Gasteiger partial charge in [-0.2, -0.15) is 0 Å². The fraction of sp³-hybridized carbons (Fsp3) is 0.0833. The van der Waals surface area contributed by atoms with Crippen molar-refractivity contribution in [1.29, 1.82) is 0 Å². The van der Waals surface area contributed by atoms with Gasteiger partial charge in [0.1, 0.15) is 0 Å². The van der Waals surface area contributed by atoms with Crippen LogP contribution in [0.1, 0.15) is 5.56 Å². The van der Waals surface area contributed by atoms with E-state index in [4.69, 9.17) is 0 Å². The number of H-pyrrole nitrogens is 1. The predicted octanol–water partition coefficient (Wildman–Crippen LogP) is 2.35. The van der Waals surface area contributed by atoms with Gasteiger partial charge in [-0.15, -0.1) is 0 Å². The normalized spacial score (nSPS) is 10.1. The van der Waals surface area contributed by atoms with Crippen LogP contribution in [0.2, 0.25) is 0 Å². The van der Waals surface area contributed by atoms with Gasteiger partial charge in [0.15, 0.2) is 0 Å². The summed E-state index contributed by atoms with van der Waals surface area (Å²) in [6.07, 6.45) is 1.76. The van der Waals surface area contributed by atoms with Gasteiger partial charge < -0.3 is 4.98 Å². The van der Waals surface area contributed by atoms with Crippen LogP contribution in [0.25, 0.3) is 11.1 Å². The number of pyridine rings is 1. The van der Waals surface area contributed by atoms with Crippen molar-refractivity contribution in [3.63, 3.8) is 0 Å². The molecule has 1 aromatic carbocycles. The largest absolute Gasteiger partial charge is 0.328 e. The number of hydrogen-bond donors (Lipinski definition) is 1. The van der Waals surface area contributed by atoms with E-state index in [1.165, 1.54) is 0 Å². The van der Waals surface area contributed by atoms with Gasteiger partial charge in [-0.1, -0.05) is 30.3 Å². The summed E-state index contributed by atoms with van der Waals surface area (Å²) in [5.74, 6) is 0. The van der Waals surface area contributed by atoms with Crippen molar-refractivity contribution in [2.24, 2.45) is 0 Å². The van der Waals surface area contributed by atoms with Gasteiger partial charge in [-0.05, 0) is 18.1 Å². The highest BCUT2D eigenvalue weighted by molar-refractivity contribution is 5.65. The Balaban J connectivity index is 2.58. The van der Waals surface area contributed by atoms with E-state index in [0.717, 1.165) is 16.7 Å².